The average molecular weight is 279 g/mol. The van der Waals surface area contributed by atoms with Gasteiger partial charge >= 0.3 is 0 Å². The van der Waals surface area contributed by atoms with Gasteiger partial charge in [0.2, 0.25) is 0 Å². The van der Waals surface area contributed by atoms with Gasteiger partial charge < -0.3 is 10.2 Å². The molecule has 0 spiro atoms. The highest BCUT2D eigenvalue weighted by molar-refractivity contribution is 6.01. The first-order chi connectivity index (χ1) is 10.1. The SMILES string of the molecule is O=C(Cc1cccc2cccnc12)c1ccc(O)cc1O. The molecule has 0 fully saturated rings. The monoisotopic (exact) mass is 279 g/mol. The van der Waals surface area contributed by atoms with Gasteiger partial charge in [-0.15, -0.1) is 0 Å². The molecule has 0 aliphatic rings. The summed E-state index contributed by atoms with van der Waals surface area (Å²) in [6, 6.07) is 13.4. The normalized spacial score (nSPS) is 10.7. The summed E-state index contributed by atoms with van der Waals surface area (Å²) in [4.78, 5) is 16.6. The van der Waals surface area contributed by atoms with Crippen LogP contribution in [0.3, 0.4) is 0 Å². The minimum Gasteiger partial charge on any atom is -0.508 e. The quantitative estimate of drug-likeness (QED) is 0.723. The first kappa shape index (κ1) is 13.1. The Morgan fingerprint density at radius 2 is 1.86 bits per heavy atom. The van der Waals surface area contributed by atoms with Crippen LogP contribution in [-0.2, 0) is 6.42 Å². The van der Waals surface area contributed by atoms with E-state index in [-0.39, 0.29) is 29.3 Å². The Bertz CT molecular complexity index is 822. The van der Waals surface area contributed by atoms with E-state index in [0.717, 1.165) is 22.5 Å². The first-order valence-electron chi connectivity index (χ1n) is 6.53. The number of nitrogens with zero attached hydrogens (tertiary/aromatic N) is 1. The van der Waals surface area contributed by atoms with Crippen LogP contribution >= 0.6 is 0 Å². The number of phenols is 2. The highest BCUT2D eigenvalue weighted by atomic mass is 16.3. The number of fused-ring (bicyclic) bond motifs is 1. The van der Waals surface area contributed by atoms with Gasteiger partial charge in [0.25, 0.3) is 0 Å². The van der Waals surface area contributed by atoms with Crippen LogP contribution in [0.5, 0.6) is 11.5 Å². The fraction of sp³-hybridized carbons (Fsp3) is 0.0588. The van der Waals surface area contributed by atoms with Gasteiger partial charge in [-0.1, -0.05) is 24.3 Å². The van der Waals surface area contributed by atoms with Crippen LogP contribution in [-0.4, -0.2) is 21.0 Å². The van der Waals surface area contributed by atoms with Gasteiger partial charge in [0.1, 0.15) is 11.5 Å². The van der Waals surface area contributed by atoms with E-state index in [2.05, 4.69) is 4.98 Å². The lowest BCUT2D eigenvalue weighted by atomic mass is 10.00. The fourth-order valence-electron chi connectivity index (χ4n) is 2.33. The Morgan fingerprint density at radius 3 is 2.67 bits per heavy atom. The molecule has 2 aromatic carbocycles. The number of rotatable bonds is 3. The summed E-state index contributed by atoms with van der Waals surface area (Å²) in [6.07, 6.45) is 1.83. The van der Waals surface area contributed by atoms with Crippen LogP contribution in [0, 0.1) is 0 Å². The Labute approximate surface area is 121 Å². The molecule has 1 aromatic heterocycles. The van der Waals surface area contributed by atoms with Gasteiger partial charge in [-0.2, -0.15) is 0 Å². The zero-order chi connectivity index (χ0) is 14.8. The number of hydrogen-bond donors (Lipinski definition) is 2. The number of hydrogen-bond acceptors (Lipinski definition) is 4. The zero-order valence-electron chi connectivity index (χ0n) is 11.2. The van der Waals surface area contributed by atoms with E-state index >= 15 is 0 Å². The zero-order valence-corrected chi connectivity index (χ0v) is 11.2. The molecule has 0 saturated carbocycles. The minimum atomic E-state index is -0.217. The number of aromatic nitrogens is 1. The summed E-state index contributed by atoms with van der Waals surface area (Å²) in [6.45, 7) is 0. The molecule has 0 saturated heterocycles. The van der Waals surface area contributed by atoms with E-state index in [1.54, 1.807) is 6.20 Å². The molecule has 0 bridgehead atoms. The van der Waals surface area contributed by atoms with Gasteiger partial charge in [-0.25, -0.2) is 0 Å². The van der Waals surface area contributed by atoms with Crippen molar-refractivity contribution in [1.82, 2.24) is 4.98 Å². The number of carbonyl (C=O) groups excluding carboxylic acids is 1. The topological polar surface area (TPSA) is 70.4 Å². The molecule has 0 unspecified atom stereocenters. The van der Waals surface area contributed by atoms with Crippen LogP contribution < -0.4 is 0 Å². The van der Waals surface area contributed by atoms with Crippen molar-refractivity contribution in [2.45, 2.75) is 6.42 Å². The molecular formula is C17H13NO3. The van der Waals surface area contributed by atoms with Crippen LogP contribution in [0.25, 0.3) is 10.9 Å². The summed E-state index contributed by atoms with van der Waals surface area (Å²) in [5.74, 6) is -0.505. The van der Waals surface area contributed by atoms with E-state index in [0.29, 0.717) is 0 Å². The molecule has 1 heterocycles. The van der Waals surface area contributed by atoms with Gasteiger partial charge in [0.05, 0.1) is 11.1 Å². The number of aromatic hydroxyl groups is 2. The summed E-state index contributed by atoms with van der Waals surface area (Å²) < 4.78 is 0. The van der Waals surface area contributed by atoms with E-state index < -0.39 is 0 Å². The highest BCUT2D eigenvalue weighted by Crippen LogP contribution is 2.25. The second-order valence-electron chi connectivity index (χ2n) is 4.79. The summed E-state index contributed by atoms with van der Waals surface area (Å²) >= 11 is 0. The number of benzene rings is 2. The molecule has 0 radical (unpaired) electrons. The number of para-hydroxylation sites is 1. The molecular weight excluding hydrogens is 266 g/mol. The van der Waals surface area contributed by atoms with Crippen molar-refractivity contribution in [2.75, 3.05) is 0 Å². The maximum absolute atomic E-state index is 12.3. The molecule has 4 heteroatoms. The van der Waals surface area contributed by atoms with E-state index in [1.807, 2.05) is 30.3 Å². The standard InChI is InChI=1S/C17H13NO3/c19-13-6-7-14(16(21)10-13)15(20)9-12-4-1-3-11-5-2-8-18-17(11)12/h1-8,10,19,21H,9H2. The van der Waals surface area contributed by atoms with Crippen LogP contribution in [0.2, 0.25) is 0 Å². The lowest BCUT2D eigenvalue weighted by molar-refractivity contribution is 0.0990. The van der Waals surface area contributed by atoms with Crippen LogP contribution in [0.15, 0.2) is 54.7 Å². The van der Waals surface area contributed by atoms with Crippen molar-refractivity contribution in [3.8, 4) is 11.5 Å². The van der Waals surface area contributed by atoms with Crippen molar-refractivity contribution < 1.29 is 15.0 Å². The van der Waals surface area contributed by atoms with Crippen molar-refractivity contribution >= 4 is 16.7 Å². The molecule has 21 heavy (non-hydrogen) atoms. The van der Waals surface area contributed by atoms with Gasteiger partial charge in [0.15, 0.2) is 5.78 Å². The molecule has 0 atom stereocenters. The highest BCUT2D eigenvalue weighted by Gasteiger charge is 2.14. The average Bonchev–Trinajstić information content (AvgIpc) is 2.47. The smallest absolute Gasteiger partial charge is 0.171 e. The third-order valence-electron chi connectivity index (χ3n) is 3.35. The fourth-order valence-corrected chi connectivity index (χ4v) is 2.33. The predicted molar refractivity (Wildman–Crippen MR) is 79.5 cm³/mol. The maximum Gasteiger partial charge on any atom is 0.171 e. The number of Topliss-reactive ketones (excluding diaryl/α,β-unsaturated/α-hetero) is 1. The first-order valence-corrected chi connectivity index (χ1v) is 6.53. The van der Waals surface area contributed by atoms with Crippen molar-refractivity contribution in [2.24, 2.45) is 0 Å². The third kappa shape index (κ3) is 2.56. The predicted octanol–water partition coefficient (Wildman–Crippen LogP) is 3.07. The lowest BCUT2D eigenvalue weighted by Gasteiger charge is -2.07. The van der Waals surface area contributed by atoms with Gasteiger partial charge in [-0.3, -0.25) is 9.78 Å². The molecule has 0 amide bonds. The Balaban J connectivity index is 1.97. The Hall–Kier alpha value is -2.88. The molecule has 104 valence electrons. The minimum absolute atomic E-state index is 0.0733. The van der Waals surface area contributed by atoms with Crippen molar-refractivity contribution in [3.63, 3.8) is 0 Å². The second kappa shape index (κ2) is 5.25. The maximum atomic E-state index is 12.3. The van der Waals surface area contributed by atoms with Crippen molar-refractivity contribution in [1.29, 1.82) is 0 Å². The van der Waals surface area contributed by atoms with E-state index in [4.69, 9.17) is 0 Å². The molecule has 3 aromatic rings. The molecule has 0 aliphatic carbocycles. The summed E-state index contributed by atoms with van der Waals surface area (Å²) in [5, 5.41) is 20.0. The summed E-state index contributed by atoms with van der Waals surface area (Å²) in [5.41, 5.74) is 1.79. The largest absolute Gasteiger partial charge is 0.508 e. The van der Waals surface area contributed by atoms with E-state index in [1.165, 1.54) is 12.1 Å². The second-order valence-corrected chi connectivity index (χ2v) is 4.79. The Kier molecular flexibility index (Phi) is 3.28. The van der Waals surface area contributed by atoms with Gasteiger partial charge in [0, 0.05) is 24.1 Å². The number of pyridine rings is 1. The van der Waals surface area contributed by atoms with Gasteiger partial charge in [-0.05, 0) is 23.8 Å². The van der Waals surface area contributed by atoms with Crippen LogP contribution in [0.1, 0.15) is 15.9 Å². The molecule has 4 nitrogen and oxygen atoms in total. The number of carbonyl (C=O) groups is 1. The molecule has 2 N–H and O–H groups in total. The molecule has 3 rings (SSSR count). The third-order valence-corrected chi connectivity index (χ3v) is 3.35. The Morgan fingerprint density at radius 1 is 1.05 bits per heavy atom. The van der Waals surface area contributed by atoms with Crippen molar-refractivity contribution in [3.05, 3.63) is 65.9 Å². The van der Waals surface area contributed by atoms with E-state index in [9.17, 15) is 15.0 Å². The number of phenolic OH excluding ortho intramolecular Hbond substituents is 2. The van der Waals surface area contributed by atoms with Crippen LogP contribution in [0.4, 0.5) is 0 Å². The lowest BCUT2D eigenvalue weighted by Crippen LogP contribution is -2.04. The number of ketones is 1. The molecule has 0 aliphatic heterocycles. The summed E-state index contributed by atoms with van der Waals surface area (Å²) in [7, 11) is 0.